The molecule has 0 fully saturated rings. The number of fused-ring (bicyclic) bond motifs is 3. The summed E-state index contributed by atoms with van der Waals surface area (Å²) < 4.78 is 2.08. The summed E-state index contributed by atoms with van der Waals surface area (Å²) >= 11 is 6.65. The van der Waals surface area contributed by atoms with Crippen molar-refractivity contribution in [3.05, 3.63) is 25.8 Å². The molecule has 0 unspecified atom stereocenters. The van der Waals surface area contributed by atoms with Crippen LogP contribution in [0.3, 0.4) is 0 Å². The highest BCUT2D eigenvalue weighted by atomic mass is 79.9. The molecule has 0 aromatic carbocycles. The van der Waals surface area contributed by atoms with Gasteiger partial charge in [0, 0.05) is 21.3 Å². The summed E-state index contributed by atoms with van der Waals surface area (Å²) in [5.74, 6) is 0.854. The lowest BCUT2D eigenvalue weighted by atomic mass is 10.2. The zero-order valence-electron chi connectivity index (χ0n) is 9.28. The molecule has 3 heterocycles. The number of halogens is 1. The first-order chi connectivity index (χ1) is 8.13. The second-order valence-electron chi connectivity index (χ2n) is 3.89. The Hall–Kier alpha value is -0.590. The fourth-order valence-corrected chi connectivity index (χ4v) is 4.73. The van der Waals surface area contributed by atoms with Crippen LogP contribution in [0.5, 0.6) is 0 Å². The lowest BCUT2D eigenvalue weighted by molar-refractivity contribution is 0.892. The van der Waals surface area contributed by atoms with E-state index < -0.39 is 0 Å². The lowest BCUT2D eigenvalue weighted by Crippen LogP contribution is -2.11. The second-order valence-corrected chi connectivity index (χ2v) is 6.49. The van der Waals surface area contributed by atoms with Crippen molar-refractivity contribution in [3.63, 3.8) is 0 Å². The molecule has 0 bridgehead atoms. The molecule has 17 heavy (non-hydrogen) atoms. The summed E-state index contributed by atoms with van der Waals surface area (Å²) in [7, 11) is 0. The molecule has 0 N–H and O–H groups in total. The van der Waals surface area contributed by atoms with Crippen LogP contribution in [-0.4, -0.2) is 15.3 Å². The number of aromatic nitrogens is 2. The number of aryl methyl sites for hydroxylation is 2. The Morgan fingerprint density at radius 2 is 2.24 bits per heavy atom. The minimum absolute atomic E-state index is 0.101. The van der Waals surface area contributed by atoms with Gasteiger partial charge in [-0.15, -0.1) is 11.3 Å². The summed E-state index contributed by atoms with van der Waals surface area (Å²) in [6.07, 6.45) is 0. The molecule has 88 valence electrons. The van der Waals surface area contributed by atoms with Gasteiger partial charge < -0.3 is 0 Å². The van der Waals surface area contributed by atoms with Crippen molar-refractivity contribution in [3.8, 4) is 0 Å². The van der Waals surface area contributed by atoms with E-state index in [-0.39, 0.29) is 5.56 Å². The molecule has 6 heteroatoms. The van der Waals surface area contributed by atoms with E-state index in [1.165, 1.54) is 4.88 Å². The number of thiophene rings is 1. The van der Waals surface area contributed by atoms with Gasteiger partial charge in [0.25, 0.3) is 5.56 Å². The molecule has 0 atom stereocenters. The molecule has 0 amide bonds. The zero-order valence-corrected chi connectivity index (χ0v) is 12.5. The van der Waals surface area contributed by atoms with Crippen molar-refractivity contribution >= 4 is 54.9 Å². The van der Waals surface area contributed by atoms with E-state index in [9.17, 15) is 4.79 Å². The summed E-state index contributed by atoms with van der Waals surface area (Å²) in [5, 5.41) is 1.57. The Kier molecular flexibility index (Phi) is 2.68. The van der Waals surface area contributed by atoms with Crippen LogP contribution in [0.25, 0.3) is 15.9 Å². The van der Waals surface area contributed by atoms with E-state index in [4.69, 9.17) is 0 Å². The van der Waals surface area contributed by atoms with Crippen LogP contribution in [-0.2, 0) is 0 Å². The van der Waals surface area contributed by atoms with Gasteiger partial charge in [-0.3, -0.25) is 9.36 Å². The molecular weight excluding hydrogens is 320 g/mol. The minimum atomic E-state index is -0.101. The first-order valence-corrected chi connectivity index (χ1v) is 7.80. The third-order valence-corrected chi connectivity index (χ3v) is 5.63. The summed E-state index contributed by atoms with van der Waals surface area (Å²) in [6.45, 7) is 4.04. The molecule has 3 nitrogen and oxygen atoms in total. The highest BCUT2D eigenvalue weighted by Gasteiger charge is 2.23. The lowest BCUT2D eigenvalue weighted by Gasteiger charge is -2.04. The van der Waals surface area contributed by atoms with Crippen molar-refractivity contribution in [2.24, 2.45) is 0 Å². The maximum atomic E-state index is 12.0. The van der Waals surface area contributed by atoms with Crippen molar-refractivity contribution < 1.29 is 0 Å². The Morgan fingerprint density at radius 1 is 1.47 bits per heavy atom. The van der Waals surface area contributed by atoms with Gasteiger partial charge in [-0.1, -0.05) is 27.7 Å². The van der Waals surface area contributed by atoms with Gasteiger partial charge in [0.2, 0.25) is 0 Å². The first kappa shape index (κ1) is 11.5. The Balaban J connectivity index is 2.54. The quantitative estimate of drug-likeness (QED) is 0.695. The topological polar surface area (TPSA) is 34.9 Å². The smallest absolute Gasteiger partial charge is 0.282 e. The van der Waals surface area contributed by atoms with E-state index in [1.54, 1.807) is 23.1 Å². The molecule has 0 radical (unpaired) electrons. The summed E-state index contributed by atoms with van der Waals surface area (Å²) in [4.78, 5) is 20.3. The Bertz CT molecular complexity index is 714. The molecule has 0 aliphatic carbocycles. The SMILES string of the molecule is Cc1sc2c(c1C)c(=O)nc1n2/C(=C/Br)CS1. The van der Waals surface area contributed by atoms with Crippen LogP contribution in [0, 0.1) is 13.8 Å². The molecule has 2 aromatic rings. The van der Waals surface area contributed by atoms with E-state index in [1.807, 2.05) is 18.8 Å². The number of thioether (sulfide) groups is 1. The maximum Gasteiger partial charge on any atom is 0.282 e. The van der Waals surface area contributed by atoms with Gasteiger partial charge in [-0.2, -0.15) is 4.98 Å². The van der Waals surface area contributed by atoms with E-state index in [0.717, 1.165) is 32.4 Å². The largest absolute Gasteiger partial charge is 0.282 e. The van der Waals surface area contributed by atoms with Gasteiger partial charge >= 0.3 is 0 Å². The standard InChI is InChI=1S/C11H9BrN2OS2/c1-5-6(2)17-10-8(5)9(15)13-11-14(10)7(3-12)4-16-11/h3H,4H2,1-2H3/b7-3+. The van der Waals surface area contributed by atoms with Gasteiger partial charge in [-0.25, -0.2) is 0 Å². The minimum Gasteiger partial charge on any atom is -0.282 e. The van der Waals surface area contributed by atoms with E-state index in [0.29, 0.717) is 0 Å². The van der Waals surface area contributed by atoms with Crippen LogP contribution in [0.4, 0.5) is 0 Å². The van der Waals surface area contributed by atoms with Gasteiger partial charge in [-0.05, 0) is 19.4 Å². The number of hydrogen-bond donors (Lipinski definition) is 0. The van der Waals surface area contributed by atoms with Gasteiger partial charge in [0.05, 0.1) is 5.39 Å². The van der Waals surface area contributed by atoms with Crippen molar-refractivity contribution in [2.45, 2.75) is 19.0 Å². The summed E-state index contributed by atoms with van der Waals surface area (Å²) in [6, 6.07) is 0. The van der Waals surface area contributed by atoms with Crippen LogP contribution < -0.4 is 5.56 Å². The maximum absolute atomic E-state index is 12.0. The van der Waals surface area contributed by atoms with Crippen LogP contribution in [0.15, 0.2) is 14.9 Å². The number of nitrogens with zero attached hydrogens (tertiary/aromatic N) is 2. The van der Waals surface area contributed by atoms with Crippen molar-refractivity contribution in [1.29, 1.82) is 0 Å². The fourth-order valence-electron chi connectivity index (χ4n) is 1.93. The molecule has 1 aliphatic heterocycles. The molecule has 2 aromatic heterocycles. The fraction of sp³-hybridized carbons (Fsp3) is 0.273. The van der Waals surface area contributed by atoms with Crippen molar-refractivity contribution in [1.82, 2.24) is 9.55 Å². The predicted octanol–water partition coefficient (Wildman–Crippen LogP) is 3.37. The van der Waals surface area contributed by atoms with Gasteiger partial charge in [0.1, 0.15) is 4.83 Å². The van der Waals surface area contributed by atoms with Crippen molar-refractivity contribution in [2.75, 3.05) is 5.75 Å². The predicted molar refractivity (Wildman–Crippen MR) is 77.3 cm³/mol. The average Bonchev–Trinajstić information content (AvgIpc) is 2.82. The summed E-state index contributed by atoms with van der Waals surface area (Å²) in [5.41, 5.74) is 2.10. The third-order valence-electron chi connectivity index (χ3n) is 2.93. The second kappa shape index (κ2) is 3.96. The molecule has 1 aliphatic rings. The Morgan fingerprint density at radius 3 is 2.94 bits per heavy atom. The molecular formula is C11H9BrN2OS2. The van der Waals surface area contributed by atoms with Crippen LogP contribution in [0.2, 0.25) is 0 Å². The van der Waals surface area contributed by atoms with E-state index in [2.05, 4.69) is 25.5 Å². The molecule has 0 saturated carbocycles. The van der Waals surface area contributed by atoms with Crippen LogP contribution in [0.1, 0.15) is 10.4 Å². The average molecular weight is 329 g/mol. The first-order valence-electron chi connectivity index (χ1n) is 5.08. The Labute approximate surface area is 115 Å². The van der Waals surface area contributed by atoms with Gasteiger partial charge in [0.15, 0.2) is 5.16 Å². The highest BCUT2D eigenvalue weighted by Crippen LogP contribution is 2.38. The number of rotatable bonds is 0. The highest BCUT2D eigenvalue weighted by molar-refractivity contribution is 9.11. The number of hydrogen-bond acceptors (Lipinski definition) is 4. The third kappa shape index (κ3) is 1.54. The normalized spacial score (nSPS) is 17.0. The molecule has 0 spiro atoms. The molecule has 0 saturated heterocycles. The zero-order chi connectivity index (χ0) is 12.2. The van der Waals surface area contributed by atoms with E-state index >= 15 is 0 Å². The van der Waals surface area contributed by atoms with Crippen LogP contribution >= 0.6 is 39.0 Å². The monoisotopic (exact) mass is 328 g/mol. The molecule has 3 rings (SSSR count).